The van der Waals surface area contributed by atoms with E-state index in [0.717, 1.165) is 4.90 Å². The number of hydrogen-bond acceptors (Lipinski definition) is 8. The summed E-state index contributed by atoms with van der Waals surface area (Å²) in [4.78, 5) is 28.5. The molecule has 0 spiro atoms. The van der Waals surface area contributed by atoms with Crippen LogP contribution in [0, 0.1) is 11.5 Å². The van der Waals surface area contributed by atoms with E-state index >= 15 is 0 Å². The fourth-order valence-corrected chi connectivity index (χ4v) is 1.52. The van der Waals surface area contributed by atoms with Crippen molar-refractivity contribution in [3.63, 3.8) is 0 Å². The highest BCUT2D eigenvalue weighted by atomic mass is 16.5. The molecule has 9 heteroatoms. The number of ether oxygens (including phenoxy) is 1. The number of nitrogens with zero attached hydrogens (tertiary/aromatic N) is 7. The highest BCUT2D eigenvalue weighted by molar-refractivity contribution is 5.84. The van der Waals surface area contributed by atoms with Gasteiger partial charge in [-0.3, -0.25) is 4.79 Å². The molecule has 0 fully saturated rings. The van der Waals surface area contributed by atoms with Gasteiger partial charge in [-0.05, 0) is 6.92 Å². The van der Waals surface area contributed by atoms with Crippen molar-refractivity contribution in [3.05, 3.63) is 0 Å². The number of carbonyl (C=O) groups excluding carboxylic acids is 1. The molecule has 1 heterocycles. The van der Waals surface area contributed by atoms with Crippen molar-refractivity contribution in [1.29, 1.82) is 5.26 Å². The van der Waals surface area contributed by atoms with E-state index in [1.165, 1.54) is 12.0 Å². The van der Waals surface area contributed by atoms with Gasteiger partial charge in [0.15, 0.2) is 6.19 Å². The highest BCUT2D eigenvalue weighted by Crippen LogP contribution is 2.18. The largest absolute Gasteiger partial charge is 0.467 e. The van der Waals surface area contributed by atoms with Gasteiger partial charge in [0.05, 0.1) is 7.11 Å². The Morgan fingerprint density at radius 2 is 1.76 bits per heavy atom. The smallest absolute Gasteiger partial charge is 0.322 e. The Bertz CT molecular complexity index is 553. The maximum Gasteiger partial charge on any atom is 0.322 e. The summed E-state index contributed by atoms with van der Waals surface area (Å²) in [5.41, 5.74) is 0. The minimum absolute atomic E-state index is 0.0655. The van der Waals surface area contributed by atoms with Gasteiger partial charge < -0.3 is 14.5 Å². The van der Waals surface area contributed by atoms with E-state index in [2.05, 4.69) is 15.0 Å². The van der Waals surface area contributed by atoms with Gasteiger partial charge in [0.2, 0.25) is 17.8 Å². The summed E-state index contributed by atoms with van der Waals surface area (Å²) in [6, 6.07) is -0.652. The second kappa shape index (κ2) is 6.69. The molecule has 0 bridgehead atoms. The van der Waals surface area contributed by atoms with Crippen LogP contribution in [-0.2, 0) is 4.79 Å². The summed E-state index contributed by atoms with van der Waals surface area (Å²) in [6.07, 6.45) is 1.93. The van der Waals surface area contributed by atoms with Crippen molar-refractivity contribution >= 4 is 17.8 Å². The SMILES string of the molecule is COc1nc(N(C)C)nc(N(C#N)C(C)C(=O)N(C)C)n1. The first-order valence-electron chi connectivity index (χ1n) is 6.19. The monoisotopic (exact) mass is 293 g/mol. The maximum absolute atomic E-state index is 12.0. The minimum atomic E-state index is -0.730. The summed E-state index contributed by atoms with van der Waals surface area (Å²) in [6.45, 7) is 1.61. The van der Waals surface area contributed by atoms with Crippen LogP contribution in [0.5, 0.6) is 6.01 Å². The Hall–Kier alpha value is -2.63. The second-order valence-electron chi connectivity index (χ2n) is 4.70. The van der Waals surface area contributed by atoms with Gasteiger partial charge in [-0.1, -0.05) is 0 Å². The van der Waals surface area contributed by atoms with Crippen LogP contribution in [0.4, 0.5) is 11.9 Å². The van der Waals surface area contributed by atoms with E-state index in [-0.39, 0.29) is 17.9 Å². The van der Waals surface area contributed by atoms with Crippen molar-refractivity contribution in [2.45, 2.75) is 13.0 Å². The van der Waals surface area contributed by atoms with Crippen LogP contribution in [0.1, 0.15) is 6.92 Å². The molecule has 0 N–H and O–H groups in total. The second-order valence-corrected chi connectivity index (χ2v) is 4.70. The normalized spacial score (nSPS) is 11.3. The standard InChI is InChI=1S/C12H19N7O2/c1-8(9(20)17(2)3)19(7-13)11-14-10(18(4)5)15-12(16-11)21-6/h8H,1-6H3. The van der Waals surface area contributed by atoms with Gasteiger partial charge in [0.25, 0.3) is 0 Å². The lowest BCUT2D eigenvalue weighted by atomic mass is 10.3. The molecule has 21 heavy (non-hydrogen) atoms. The molecular formula is C12H19N7O2. The van der Waals surface area contributed by atoms with Crippen LogP contribution in [0.3, 0.4) is 0 Å². The van der Waals surface area contributed by atoms with Crippen LogP contribution >= 0.6 is 0 Å². The molecule has 1 amide bonds. The van der Waals surface area contributed by atoms with Crippen LogP contribution in [-0.4, -0.2) is 67.1 Å². The first-order chi connectivity index (χ1) is 9.81. The quantitative estimate of drug-likeness (QED) is 0.539. The fraction of sp³-hybridized carbons (Fsp3) is 0.583. The summed E-state index contributed by atoms with van der Waals surface area (Å²) in [5.74, 6) is 0.166. The molecule has 0 aliphatic heterocycles. The maximum atomic E-state index is 12.0. The van der Waals surface area contributed by atoms with E-state index in [0.29, 0.717) is 5.95 Å². The first kappa shape index (κ1) is 16.4. The molecular weight excluding hydrogens is 274 g/mol. The van der Waals surface area contributed by atoms with Crippen molar-refractivity contribution < 1.29 is 9.53 Å². The summed E-state index contributed by atoms with van der Waals surface area (Å²) in [5, 5.41) is 9.32. The van der Waals surface area contributed by atoms with Crippen molar-refractivity contribution in [3.8, 4) is 12.2 Å². The zero-order chi connectivity index (χ0) is 16.2. The molecule has 9 nitrogen and oxygen atoms in total. The topological polar surface area (TPSA) is 98.5 Å². The zero-order valence-electron chi connectivity index (χ0n) is 13.0. The lowest BCUT2D eigenvalue weighted by Crippen LogP contribution is -2.43. The minimum Gasteiger partial charge on any atom is -0.467 e. The lowest BCUT2D eigenvalue weighted by molar-refractivity contribution is -0.129. The molecule has 0 saturated carbocycles. The van der Waals surface area contributed by atoms with E-state index < -0.39 is 6.04 Å². The summed E-state index contributed by atoms with van der Waals surface area (Å²) < 4.78 is 5.01. The van der Waals surface area contributed by atoms with E-state index in [1.54, 1.807) is 40.0 Å². The Labute approximate surface area is 123 Å². The van der Waals surface area contributed by atoms with E-state index in [4.69, 9.17) is 4.74 Å². The molecule has 0 aromatic carbocycles. The van der Waals surface area contributed by atoms with Crippen LogP contribution in [0.25, 0.3) is 0 Å². The Kier molecular flexibility index (Phi) is 5.24. The van der Waals surface area contributed by atoms with Gasteiger partial charge in [-0.25, -0.2) is 4.90 Å². The molecule has 1 aromatic rings. The van der Waals surface area contributed by atoms with Crippen LogP contribution < -0.4 is 14.5 Å². The Balaban J connectivity index is 3.25. The third-order valence-corrected chi connectivity index (χ3v) is 2.68. The summed E-state index contributed by atoms with van der Waals surface area (Å²) >= 11 is 0. The number of anilines is 2. The first-order valence-corrected chi connectivity index (χ1v) is 6.19. The number of hydrogen-bond donors (Lipinski definition) is 0. The molecule has 0 radical (unpaired) electrons. The number of likely N-dealkylation sites (N-methyl/N-ethyl adjacent to an activating group) is 1. The van der Waals surface area contributed by atoms with Gasteiger partial charge >= 0.3 is 6.01 Å². The van der Waals surface area contributed by atoms with E-state index in [1.807, 2.05) is 6.19 Å². The van der Waals surface area contributed by atoms with Gasteiger partial charge in [-0.15, -0.1) is 0 Å². The zero-order valence-corrected chi connectivity index (χ0v) is 13.0. The van der Waals surface area contributed by atoms with Crippen molar-refractivity contribution in [2.24, 2.45) is 0 Å². The number of amides is 1. The molecule has 1 atom stereocenters. The number of carbonyl (C=O) groups is 1. The number of methoxy groups -OCH3 is 1. The fourth-order valence-electron chi connectivity index (χ4n) is 1.52. The van der Waals surface area contributed by atoms with Gasteiger partial charge in [0.1, 0.15) is 6.04 Å². The average Bonchev–Trinajstić information content (AvgIpc) is 2.46. The number of rotatable bonds is 5. The third kappa shape index (κ3) is 3.68. The van der Waals surface area contributed by atoms with Gasteiger partial charge in [-0.2, -0.15) is 20.2 Å². The lowest BCUT2D eigenvalue weighted by Gasteiger charge is -2.24. The average molecular weight is 293 g/mol. The molecule has 1 rings (SSSR count). The molecule has 0 saturated heterocycles. The Morgan fingerprint density at radius 3 is 2.19 bits per heavy atom. The number of nitriles is 1. The molecule has 0 aliphatic carbocycles. The molecule has 0 aliphatic rings. The van der Waals surface area contributed by atoms with Crippen LogP contribution in [0.2, 0.25) is 0 Å². The summed E-state index contributed by atoms with van der Waals surface area (Å²) in [7, 11) is 8.16. The number of aromatic nitrogens is 3. The Morgan fingerprint density at radius 1 is 1.19 bits per heavy atom. The molecule has 1 unspecified atom stereocenters. The van der Waals surface area contributed by atoms with Crippen molar-refractivity contribution in [2.75, 3.05) is 45.1 Å². The van der Waals surface area contributed by atoms with Crippen molar-refractivity contribution in [1.82, 2.24) is 19.9 Å². The van der Waals surface area contributed by atoms with Gasteiger partial charge in [0, 0.05) is 28.2 Å². The van der Waals surface area contributed by atoms with E-state index in [9.17, 15) is 10.1 Å². The predicted octanol–water partition coefficient (Wildman–Crippen LogP) is -0.290. The molecule has 1 aromatic heterocycles. The third-order valence-electron chi connectivity index (χ3n) is 2.68. The van der Waals surface area contributed by atoms with Crippen LogP contribution in [0.15, 0.2) is 0 Å². The molecule has 114 valence electrons. The highest BCUT2D eigenvalue weighted by Gasteiger charge is 2.26. The predicted molar refractivity (Wildman–Crippen MR) is 77.0 cm³/mol.